The quantitative estimate of drug-likeness (QED) is 0.711. The van der Waals surface area contributed by atoms with Crippen LogP contribution in [0.15, 0.2) is 40.0 Å². The number of nitrogens with one attached hydrogen (secondary N) is 1. The topological polar surface area (TPSA) is 84.9 Å². The van der Waals surface area contributed by atoms with Crippen molar-refractivity contribution in [2.24, 2.45) is 0 Å². The standard InChI is InChI=1S/C9H6BrN2O2S.C2H6N.Y/c10-7-5-12-4-6-2-1-3-8(9(6)7)15(11,13)14;1-3-2;/h1-5H,(H-,11,13,14);1-2H3;/q2*-1;. The Balaban J connectivity index is 0.000000742. The first kappa shape index (κ1) is 19.1. The molecule has 1 radical (unpaired) electrons. The number of sulfonamides is 1. The van der Waals surface area contributed by atoms with E-state index < -0.39 is 10.0 Å². The molecule has 0 aliphatic rings. The fourth-order valence-electron chi connectivity index (χ4n) is 1.38. The van der Waals surface area contributed by atoms with Crippen molar-refractivity contribution >= 4 is 36.7 Å². The first-order valence-electron chi connectivity index (χ1n) is 4.91. The molecule has 0 spiro atoms. The molecule has 0 amide bonds. The van der Waals surface area contributed by atoms with Gasteiger partial charge in [0.2, 0.25) is 0 Å². The van der Waals surface area contributed by atoms with Gasteiger partial charge in [0.1, 0.15) is 0 Å². The summed E-state index contributed by atoms with van der Waals surface area (Å²) in [5.41, 5.74) is 0. The van der Waals surface area contributed by atoms with Crippen molar-refractivity contribution in [3.8, 4) is 0 Å². The third kappa shape index (κ3) is 5.17. The Morgan fingerprint density at radius 2 is 1.84 bits per heavy atom. The van der Waals surface area contributed by atoms with Crippen LogP contribution in [0.5, 0.6) is 0 Å². The zero-order chi connectivity index (χ0) is 13.8. The Labute approximate surface area is 146 Å². The fourth-order valence-corrected chi connectivity index (χ4v) is 2.83. The first-order chi connectivity index (χ1) is 8.41. The van der Waals surface area contributed by atoms with E-state index in [0.29, 0.717) is 15.2 Å². The Bertz CT molecular complexity index is 644. The molecule has 1 N–H and O–H groups in total. The summed E-state index contributed by atoms with van der Waals surface area (Å²) in [4.78, 5) is 3.93. The number of benzene rings is 1. The minimum absolute atomic E-state index is 0. The van der Waals surface area contributed by atoms with Crippen LogP contribution in [0.2, 0.25) is 0 Å². The van der Waals surface area contributed by atoms with Crippen LogP contribution in [0.25, 0.3) is 21.2 Å². The van der Waals surface area contributed by atoms with E-state index in [9.17, 15) is 8.42 Å². The molecule has 0 aliphatic carbocycles. The molecule has 2 rings (SSSR count). The number of hydrogen-bond donors (Lipinski definition) is 0. The van der Waals surface area contributed by atoms with Gasteiger partial charge in [-0.15, -0.1) is 0 Å². The second-order valence-corrected chi connectivity index (χ2v) is 5.73. The number of hydrogen-bond acceptors (Lipinski definition) is 3. The maximum Gasteiger partial charge on any atom is 0.0993 e. The van der Waals surface area contributed by atoms with E-state index in [2.05, 4.69) is 26.2 Å². The van der Waals surface area contributed by atoms with Gasteiger partial charge in [-0.2, -0.15) is 14.1 Å². The SMILES string of the molecule is C[N-]C.[NH-]S(=O)(=O)c1cccc2cncc(Br)c12.[Y]. The van der Waals surface area contributed by atoms with Crippen LogP contribution in [-0.4, -0.2) is 27.5 Å². The third-order valence-corrected chi connectivity index (χ3v) is 3.51. The van der Waals surface area contributed by atoms with Gasteiger partial charge in [-0.25, -0.2) is 8.42 Å². The number of rotatable bonds is 1. The van der Waals surface area contributed by atoms with Crippen LogP contribution in [0.1, 0.15) is 0 Å². The predicted octanol–water partition coefficient (Wildman–Crippen LogP) is 3.36. The van der Waals surface area contributed by atoms with E-state index in [-0.39, 0.29) is 37.6 Å². The van der Waals surface area contributed by atoms with Crippen molar-refractivity contribution in [3.05, 3.63) is 45.5 Å². The molecule has 5 nitrogen and oxygen atoms in total. The average Bonchev–Trinajstić information content (AvgIpc) is 2.28. The maximum atomic E-state index is 11.2. The van der Waals surface area contributed by atoms with Crippen molar-refractivity contribution in [1.82, 2.24) is 4.98 Å². The molecular formula is C11H12BrN3O2SY-2. The van der Waals surface area contributed by atoms with Crippen LogP contribution in [0, 0.1) is 0 Å². The Morgan fingerprint density at radius 1 is 1.26 bits per heavy atom. The van der Waals surface area contributed by atoms with E-state index in [4.69, 9.17) is 5.14 Å². The van der Waals surface area contributed by atoms with Crippen molar-refractivity contribution in [2.45, 2.75) is 4.90 Å². The van der Waals surface area contributed by atoms with Crippen molar-refractivity contribution < 1.29 is 41.1 Å². The second-order valence-electron chi connectivity index (χ2n) is 3.43. The zero-order valence-corrected chi connectivity index (χ0v) is 15.7. The summed E-state index contributed by atoms with van der Waals surface area (Å²) in [6, 6.07) is 4.76. The van der Waals surface area contributed by atoms with Gasteiger partial charge < -0.3 is 10.5 Å². The Morgan fingerprint density at radius 3 is 2.37 bits per heavy atom. The molecule has 8 heteroatoms. The summed E-state index contributed by atoms with van der Waals surface area (Å²) >= 11 is 3.23. The first-order valence-corrected chi connectivity index (χ1v) is 7.19. The van der Waals surface area contributed by atoms with Crippen molar-refractivity contribution in [3.63, 3.8) is 0 Å². The van der Waals surface area contributed by atoms with Crippen LogP contribution < -0.4 is 0 Å². The number of halogens is 1. The largest absolute Gasteiger partial charge is 0.668 e. The molecular weight excluding hydrogens is 407 g/mol. The third-order valence-electron chi connectivity index (χ3n) is 1.99. The number of fused-ring (bicyclic) bond motifs is 1. The van der Waals surface area contributed by atoms with Gasteiger partial charge in [-0.3, -0.25) is 4.98 Å². The summed E-state index contributed by atoms with van der Waals surface area (Å²) in [7, 11) is -0.460. The summed E-state index contributed by atoms with van der Waals surface area (Å²) in [6.07, 6.45) is 3.08. The minimum atomic E-state index is -3.96. The van der Waals surface area contributed by atoms with Gasteiger partial charge in [0.25, 0.3) is 0 Å². The van der Waals surface area contributed by atoms with E-state index in [1.165, 1.54) is 12.3 Å². The monoisotopic (exact) mass is 418 g/mol. The Kier molecular flexibility index (Phi) is 8.43. The van der Waals surface area contributed by atoms with Gasteiger partial charge in [0, 0.05) is 60.3 Å². The smallest absolute Gasteiger partial charge is 0.0993 e. The molecule has 2 aromatic rings. The molecule has 0 saturated heterocycles. The van der Waals surface area contributed by atoms with E-state index >= 15 is 0 Å². The summed E-state index contributed by atoms with van der Waals surface area (Å²) < 4.78 is 23.0. The van der Waals surface area contributed by atoms with E-state index in [1.807, 2.05) is 0 Å². The van der Waals surface area contributed by atoms with Gasteiger partial charge in [-0.05, 0) is 22.0 Å². The molecule has 1 aromatic heterocycles. The average molecular weight is 419 g/mol. The molecule has 1 aromatic carbocycles. The molecule has 101 valence electrons. The van der Waals surface area contributed by atoms with Gasteiger partial charge in [-0.1, -0.05) is 12.1 Å². The normalized spacial score (nSPS) is 10.3. The zero-order valence-electron chi connectivity index (χ0n) is 10.5. The van der Waals surface area contributed by atoms with Crippen molar-refractivity contribution in [1.29, 1.82) is 0 Å². The summed E-state index contributed by atoms with van der Waals surface area (Å²) in [5.74, 6) is 0. The van der Waals surface area contributed by atoms with Gasteiger partial charge in [0.15, 0.2) is 0 Å². The summed E-state index contributed by atoms with van der Waals surface area (Å²) in [6.45, 7) is 0. The second kappa shape index (κ2) is 8.39. The number of aromatic nitrogens is 1. The molecule has 0 unspecified atom stereocenters. The number of pyridine rings is 1. The maximum absolute atomic E-state index is 11.2. The van der Waals surface area contributed by atoms with Crippen LogP contribution in [0.3, 0.4) is 0 Å². The summed E-state index contributed by atoms with van der Waals surface area (Å²) in [5, 5.41) is 11.8. The van der Waals surface area contributed by atoms with Gasteiger partial charge in [0.05, 0.1) is 14.9 Å². The molecule has 0 fully saturated rings. The van der Waals surface area contributed by atoms with Gasteiger partial charge >= 0.3 is 0 Å². The fraction of sp³-hybridized carbons (Fsp3) is 0.182. The van der Waals surface area contributed by atoms with Crippen LogP contribution in [-0.2, 0) is 42.7 Å². The molecule has 1 heterocycles. The predicted molar refractivity (Wildman–Crippen MR) is 76.2 cm³/mol. The van der Waals surface area contributed by atoms with Crippen LogP contribution in [0.4, 0.5) is 0 Å². The number of nitrogens with zero attached hydrogens (tertiary/aromatic N) is 2. The molecule has 0 aliphatic heterocycles. The Hall–Kier alpha value is 0.0839. The van der Waals surface area contributed by atoms with Crippen molar-refractivity contribution in [2.75, 3.05) is 14.1 Å². The van der Waals surface area contributed by atoms with E-state index in [1.54, 1.807) is 32.4 Å². The van der Waals surface area contributed by atoms with E-state index in [0.717, 1.165) is 0 Å². The molecule has 0 bridgehead atoms. The molecule has 19 heavy (non-hydrogen) atoms. The molecule has 0 atom stereocenters. The molecule has 0 saturated carbocycles. The minimum Gasteiger partial charge on any atom is -0.668 e. The van der Waals surface area contributed by atoms with Crippen LogP contribution >= 0.6 is 15.9 Å².